The molecule has 10 heteroatoms. The maximum atomic E-state index is 13.3. The largest absolute Gasteiger partial charge is 0.486 e. The number of halogens is 1. The van der Waals surface area contributed by atoms with Crippen LogP contribution in [0.25, 0.3) is 11.0 Å². The summed E-state index contributed by atoms with van der Waals surface area (Å²) in [6, 6.07) is 7.03. The monoisotopic (exact) mass is 568 g/mol. The molecule has 0 radical (unpaired) electrons. The van der Waals surface area contributed by atoms with Gasteiger partial charge in [-0.3, -0.25) is 19.7 Å². The number of hydrogen-bond donors (Lipinski definition) is 0. The summed E-state index contributed by atoms with van der Waals surface area (Å²) in [6.45, 7) is 7.62. The fourth-order valence-electron chi connectivity index (χ4n) is 5.57. The van der Waals surface area contributed by atoms with Gasteiger partial charge in [0.25, 0.3) is 5.56 Å². The van der Waals surface area contributed by atoms with Crippen molar-refractivity contribution in [2.45, 2.75) is 84.0 Å². The van der Waals surface area contributed by atoms with Crippen LogP contribution in [0.2, 0.25) is 5.02 Å². The zero-order valence-electron chi connectivity index (χ0n) is 23.4. The van der Waals surface area contributed by atoms with Crippen LogP contribution < -0.4 is 15.0 Å². The van der Waals surface area contributed by atoms with Crippen molar-refractivity contribution in [1.29, 1.82) is 0 Å². The Balaban J connectivity index is 1.21. The van der Waals surface area contributed by atoms with Crippen LogP contribution in [0.4, 0.5) is 4.79 Å². The maximum Gasteiger partial charge on any atom is 0.410 e. The van der Waals surface area contributed by atoms with Crippen LogP contribution in [0.3, 0.4) is 0 Å². The number of ether oxygens (including phenoxy) is 3. The molecule has 9 nitrogen and oxygen atoms in total. The van der Waals surface area contributed by atoms with Gasteiger partial charge in [-0.25, -0.2) is 4.79 Å². The second-order valence-electron chi connectivity index (χ2n) is 11.6. The number of pyridine rings is 3. The standard InChI is InChI=1S/C30H37ClN4O5/c1-30(2,3)40-29(37)35(19-22-16-26-27(18-32-22)39-14-13-38-26)23-8-6-20(7-9-23)5-4-12-34-25-15-21(31)17-33-24(25)10-11-28(34)36/h10-11,15-18,20,23H,4-9,12-14,19H2,1-3H3. The third kappa shape index (κ3) is 6.86. The lowest BCUT2D eigenvalue weighted by atomic mass is 9.83. The molecule has 1 aliphatic heterocycles. The Bertz CT molecular complexity index is 1410. The van der Waals surface area contributed by atoms with Gasteiger partial charge in [0.1, 0.15) is 18.8 Å². The van der Waals surface area contributed by atoms with Gasteiger partial charge >= 0.3 is 6.09 Å². The Hall–Kier alpha value is -3.33. The van der Waals surface area contributed by atoms with Crippen LogP contribution in [0.1, 0.15) is 65.0 Å². The average molecular weight is 569 g/mol. The minimum atomic E-state index is -0.591. The Kier molecular flexibility index (Phi) is 8.49. The van der Waals surface area contributed by atoms with Crippen molar-refractivity contribution in [1.82, 2.24) is 19.4 Å². The fourth-order valence-corrected chi connectivity index (χ4v) is 5.72. The van der Waals surface area contributed by atoms with Gasteiger partial charge < -0.3 is 18.8 Å². The van der Waals surface area contributed by atoms with Crippen LogP contribution >= 0.6 is 11.6 Å². The maximum absolute atomic E-state index is 13.3. The first-order valence-electron chi connectivity index (χ1n) is 14.1. The van der Waals surface area contributed by atoms with E-state index in [4.69, 9.17) is 25.8 Å². The van der Waals surface area contributed by atoms with Gasteiger partial charge in [0.05, 0.1) is 34.5 Å². The summed E-state index contributed by atoms with van der Waals surface area (Å²) in [7, 11) is 0. The molecule has 40 heavy (non-hydrogen) atoms. The van der Waals surface area contributed by atoms with Crippen LogP contribution in [0.5, 0.6) is 11.5 Å². The summed E-state index contributed by atoms with van der Waals surface area (Å²) in [4.78, 5) is 36.6. The van der Waals surface area contributed by atoms with E-state index in [-0.39, 0.29) is 17.7 Å². The molecule has 5 rings (SSSR count). The first-order valence-corrected chi connectivity index (χ1v) is 14.4. The average Bonchev–Trinajstić information content (AvgIpc) is 2.92. The summed E-state index contributed by atoms with van der Waals surface area (Å²) in [5.41, 5.74) is 1.64. The zero-order valence-corrected chi connectivity index (χ0v) is 24.2. The molecule has 0 atom stereocenters. The van der Waals surface area contributed by atoms with Crippen LogP contribution in [0, 0.1) is 5.92 Å². The third-order valence-electron chi connectivity index (χ3n) is 7.50. The Labute approximate surface area is 239 Å². The number of aryl methyl sites for hydroxylation is 1. The summed E-state index contributed by atoms with van der Waals surface area (Å²) < 4.78 is 18.9. The molecule has 0 spiro atoms. The molecule has 214 valence electrons. The number of nitrogens with zero attached hydrogens (tertiary/aromatic N) is 4. The Morgan fingerprint density at radius 3 is 2.58 bits per heavy atom. The first kappa shape index (κ1) is 28.2. The van der Waals surface area contributed by atoms with Crippen molar-refractivity contribution < 1.29 is 19.0 Å². The SMILES string of the molecule is CC(C)(C)OC(=O)N(Cc1cc2c(cn1)OCCO2)C1CCC(CCCn2c(=O)ccc3ncc(Cl)cc32)CC1. The van der Waals surface area contributed by atoms with E-state index in [1.54, 1.807) is 35.2 Å². The van der Waals surface area contributed by atoms with Crippen LogP contribution in [0.15, 0.2) is 41.5 Å². The highest BCUT2D eigenvalue weighted by molar-refractivity contribution is 6.31. The van der Waals surface area contributed by atoms with Gasteiger partial charge in [0.2, 0.25) is 0 Å². The number of carbonyl (C=O) groups is 1. The number of hydrogen-bond acceptors (Lipinski definition) is 7. The van der Waals surface area contributed by atoms with E-state index in [0.717, 1.165) is 55.3 Å². The van der Waals surface area contributed by atoms with Crippen molar-refractivity contribution in [2.75, 3.05) is 13.2 Å². The molecule has 3 aromatic heterocycles. The van der Waals surface area contributed by atoms with E-state index in [2.05, 4.69) is 9.97 Å². The van der Waals surface area contributed by atoms with Crippen molar-refractivity contribution >= 4 is 28.7 Å². The van der Waals surface area contributed by atoms with Crippen molar-refractivity contribution in [3.05, 3.63) is 57.7 Å². The highest BCUT2D eigenvalue weighted by Gasteiger charge is 2.32. The molecule has 0 saturated heterocycles. The zero-order chi connectivity index (χ0) is 28.3. The van der Waals surface area contributed by atoms with Gasteiger partial charge in [-0.1, -0.05) is 11.6 Å². The van der Waals surface area contributed by atoms with E-state index in [1.807, 2.05) is 31.7 Å². The van der Waals surface area contributed by atoms with Crippen molar-refractivity contribution in [3.63, 3.8) is 0 Å². The quantitative estimate of drug-likeness (QED) is 0.345. The molecule has 1 aliphatic carbocycles. The summed E-state index contributed by atoms with van der Waals surface area (Å²) in [5, 5.41) is 0.520. The van der Waals surface area contributed by atoms with Crippen molar-refractivity contribution in [2.24, 2.45) is 5.92 Å². The molecule has 3 aromatic rings. The molecule has 1 fully saturated rings. The number of rotatable bonds is 7. The lowest BCUT2D eigenvalue weighted by Gasteiger charge is -2.37. The predicted octanol–water partition coefficient (Wildman–Crippen LogP) is 5.99. The number of aromatic nitrogens is 3. The van der Waals surface area contributed by atoms with Gasteiger partial charge in [-0.05, 0) is 77.3 Å². The molecule has 1 saturated carbocycles. The first-order chi connectivity index (χ1) is 19.2. The molecule has 4 heterocycles. The highest BCUT2D eigenvalue weighted by atomic mass is 35.5. The van der Waals surface area contributed by atoms with Crippen LogP contribution in [-0.2, 0) is 17.8 Å². The van der Waals surface area contributed by atoms with Crippen LogP contribution in [-0.4, -0.2) is 50.4 Å². The summed E-state index contributed by atoms with van der Waals surface area (Å²) >= 11 is 6.15. The highest BCUT2D eigenvalue weighted by Crippen LogP contribution is 2.34. The molecular weight excluding hydrogens is 532 g/mol. The van der Waals surface area contributed by atoms with Gasteiger partial charge in [0, 0.05) is 30.9 Å². The van der Waals surface area contributed by atoms with Gasteiger partial charge in [-0.2, -0.15) is 0 Å². The molecule has 0 bridgehead atoms. The van der Waals surface area contributed by atoms with E-state index < -0.39 is 5.60 Å². The van der Waals surface area contributed by atoms with Gasteiger partial charge in [0.15, 0.2) is 11.5 Å². The summed E-state index contributed by atoms with van der Waals surface area (Å²) in [6.07, 6.45) is 8.64. The lowest BCUT2D eigenvalue weighted by Crippen LogP contribution is -2.44. The van der Waals surface area contributed by atoms with E-state index >= 15 is 0 Å². The minimum Gasteiger partial charge on any atom is -0.486 e. The number of amides is 1. The fraction of sp³-hybridized carbons (Fsp3) is 0.533. The Morgan fingerprint density at radius 2 is 1.82 bits per heavy atom. The molecule has 0 unspecified atom stereocenters. The normalized spacial score (nSPS) is 18.9. The van der Waals surface area contributed by atoms with Crippen molar-refractivity contribution in [3.8, 4) is 11.5 Å². The minimum absolute atomic E-state index is 0.0407. The number of carbonyl (C=O) groups excluding carboxylic acids is 1. The summed E-state index contributed by atoms with van der Waals surface area (Å²) in [5.74, 6) is 1.83. The number of fused-ring (bicyclic) bond motifs is 2. The molecule has 2 aliphatic rings. The molecule has 0 N–H and O–H groups in total. The second kappa shape index (κ2) is 12.0. The lowest BCUT2D eigenvalue weighted by molar-refractivity contribution is 0.00739. The van der Waals surface area contributed by atoms with E-state index in [0.29, 0.717) is 48.7 Å². The molecule has 0 aromatic carbocycles. The van der Waals surface area contributed by atoms with E-state index in [9.17, 15) is 9.59 Å². The predicted molar refractivity (Wildman–Crippen MR) is 153 cm³/mol. The molecule has 1 amide bonds. The Morgan fingerprint density at radius 1 is 1.07 bits per heavy atom. The van der Waals surface area contributed by atoms with Gasteiger partial charge in [-0.15, -0.1) is 0 Å². The van der Waals surface area contributed by atoms with E-state index in [1.165, 1.54) is 0 Å². The third-order valence-corrected chi connectivity index (χ3v) is 7.71. The second-order valence-corrected chi connectivity index (χ2v) is 12.1. The molecular formula is C30H37ClN4O5. The topological polar surface area (TPSA) is 95.8 Å². The smallest absolute Gasteiger partial charge is 0.410 e.